The molecule has 0 fully saturated rings. The lowest BCUT2D eigenvalue weighted by Crippen LogP contribution is -2.19. The monoisotopic (exact) mass is 331 g/mol. The first-order valence-corrected chi connectivity index (χ1v) is 7.51. The van der Waals surface area contributed by atoms with Crippen molar-refractivity contribution in [2.45, 2.75) is 4.90 Å². The van der Waals surface area contributed by atoms with Crippen LogP contribution in [0.15, 0.2) is 40.2 Å². The highest BCUT2D eigenvalue weighted by Gasteiger charge is 2.22. The molecule has 21 heavy (non-hydrogen) atoms. The molecule has 2 rings (SSSR count). The SMILES string of the molecule is Cn1cc(NS(=O)(=O)c2cc(Cl)cc(N)c2F)ccc1=O. The van der Waals surface area contributed by atoms with E-state index in [2.05, 4.69) is 4.72 Å². The Morgan fingerprint density at radius 1 is 1.33 bits per heavy atom. The van der Waals surface area contributed by atoms with Crippen molar-refractivity contribution in [3.8, 4) is 0 Å². The smallest absolute Gasteiger partial charge is 0.264 e. The maximum atomic E-state index is 13.9. The number of hydrogen-bond donors (Lipinski definition) is 2. The van der Waals surface area contributed by atoms with E-state index in [9.17, 15) is 17.6 Å². The van der Waals surface area contributed by atoms with E-state index in [1.807, 2.05) is 0 Å². The molecule has 0 radical (unpaired) electrons. The molecule has 9 heteroatoms. The van der Waals surface area contributed by atoms with Crippen molar-refractivity contribution in [3.05, 3.63) is 51.7 Å². The summed E-state index contributed by atoms with van der Waals surface area (Å²) in [7, 11) is -2.77. The first-order chi connectivity index (χ1) is 9.70. The Balaban J connectivity index is 2.48. The van der Waals surface area contributed by atoms with Gasteiger partial charge in [0, 0.05) is 24.3 Å². The fourth-order valence-electron chi connectivity index (χ4n) is 1.64. The van der Waals surface area contributed by atoms with Crippen LogP contribution < -0.4 is 16.0 Å². The molecule has 2 aromatic rings. The highest BCUT2D eigenvalue weighted by Crippen LogP contribution is 2.26. The van der Waals surface area contributed by atoms with E-state index in [4.69, 9.17) is 17.3 Å². The first kappa shape index (κ1) is 15.3. The summed E-state index contributed by atoms with van der Waals surface area (Å²) in [5.41, 5.74) is 4.78. The summed E-state index contributed by atoms with van der Waals surface area (Å²) in [6.45, 7) is 0. The third-order valence-electron chi connectivity index (χ3n) is 2.66. The number of aromatic nitrogens is 1. The average molecular weight is 332 g/mol. The minimum Gasteiger partial charge on any atom is -0.396 e. The van der Waals surface area contributed by atoms with Crippen molar-refractivity contribution >= 4 is 33.0 Å². The van der Waals surface area contributed by atoms with Crippen LogP contribution >= 0.6 is 11.6 Å². The standard InChI is InChI=1S/C12H11ClFN3O3S/c1-17-6-8(2-3-11(17)18)16-21(19,20)10-5-7(13)4-9(15)12(10)14/h2-6,16H,15H2,1H3. The number of pyridine rings is 1. The van der Waals surface area contributed by atoms with Gasteiger partial charge in [-0.1, -0.05) is 11.6 Å². The molecule has 0 amide bonds. The van der Waals surface area contributed by atoms with Crippen LogP contribution in [-0.2, 0) is 17.1 Å². The third-order valence-corrected chi connectivity index (χ3v) is 4.26. The number of nitrogens with one attached hydrogen (secondary N) is 1. The molecule has 0 atom stereocenters. The zero-order chi connectivity index (χ0) is 15.8. The van der Waals surface area contributed by atoms with Gasteiger partial charge in [0.05, 0.1) is 11.4 Å². The molecule has 0 aliphatic carbocycles. The Morgan fingerprint density at radius 3 is 2.62 bits per heavy atom. The van der Waals surface area contributed by atoms with Crippen LogP contribution in [0.5, 0.6) is 0 Å². The van der Waals surface area contributed by atoms with Crippen molar-refractivity contribution in [3.63, 3.8) is 0 Å². The topological polar surface area (TPSA) is 94.2 Å². The van der Waals surface area contributed by atoms with Gasteiger partial charge in [-0.05, 0) is 18.2 Å². The summed E-state index contributed by atoms with van der Waals surface area (Å²) >= 11 is 5.69. The molecule has 3 N–H and O–H groups in total. The second-order valence-corrected chi connectivity index (χ2v) is 6.37. The third kappa shape index (κ3) is 3.17. The average Bonchev–Trinajstić information content (AvgIpc) is 2.37. The molecule has 1 aromatic heterocycles. The van der Waals surface area contributed by atoms with E-state index in [1.165, 1.54) is 29.9 Å². The quantitative estimate of drug-likeness (QED) is 0.834. The molecule has 0 saturated carbocycles. The lowest BCUT2D eigenvalue weighted by atomic mass is 10.3. The molecular weight excluding hydrogens is 321 g/mol. The van der Waals surface area contributed by atoms with Crippen LogP contribution in [0.1, 0.15) is 0 Å². The number of nitrogens with two attached hydrogens (primary N) is 1. The predicted octanol–water partition coefficient (Wildman–Crippen LogP) is 1.56. The Bertz CT molecular complexity index is 865. The van der Waals surface area contributed by atoms with Gasteiger partial charge in [-0.3, -0.25) is 9.52 Å². The summed E-state index contributed by atoms with van der Waals surface area (Å²) in [5, 5.41) is -0.00487. The van der Waals surface area contributed by atoms with Crippen LogP contribution in [0.3, 0.4) is 0 Å². The van der Waals surface area contributed by atoms with Gasteiger partial charge in [0.2, 0.25) is 5.56 Å². The number of benzene rings is 1. The molecule has 0 spiro atoms. The van der Waals surface area contributed by atoms with E-state index in [0.29, 0.717) is 0 Å². The van der Waals surface area contributed by atoms with E-state index in [0.717, 1.165) is 12.1 Å². The summed E-state index contributed by atoms with van der Waals surface area (Å²) in [6.07, 6.45) is 1.27. The highest BCUT2D eigenvalue weighted by atomic mass is 35.5. The van der Waals surface area contributed by atoms with Crippen molar-refractivity contribution in [2.75, 3.05) is 10.5 Å². The minimum absolute atomic E-state index is 0.00487. The molecule has 0 saturated heterocycles. The number of aryl methyl sites for hydroxylation is 1. The van der Waals surface area contributed by atoms with Gasteiger partial charge < -0.3 is 10.3 Å². The van der Waals surface area contributed by atoms with Crippen LogP contribution in [0.2, 0.25) is 5.02 Å². The molecular formula is C12H11ClFN3O3S. The Labute approximate surface area is 125 Å². The number of nitrogens with zero attached hydrogens (tertiary/aromatic N) is 1. The Kier molecular flexibility index (Phi) is 3.93. The molecule has 0 aliphatic heterocycles. The van der Waals surface area contributed by atoms with Crippen LogP contribution in [-0.4, -0.2) is 13.0 Å². The Morgan fingerprint density at radius 2 is 2.00 bits per heavy atom. The number of rotatable bonds is 3. The van der Waals surface area contributed by atoms with Gasteiger partial charge >= 0.3 is 0 Å². The minimum atomic E-state index is -4.22. The molecule has 0 bridgehead atoms. The Hall–Kier alpha value is -2.06. The molecule has 1 aromatic carbocycles. The lowest BCUT2D eigenvalue weighted by Gasteiger charge is -2.11. The van der Waals surface area contributed by atoms with Gasteiger partial charge in [0.1, 0.15) is 4.90 Å². The van der Waals surface area contributed by atoms with E-state index in [-0.39, 0.29) is 22.0 Å². The molecule has 112 valence electrons. The summed E-state index contributed by atoms with van der Waals surface area (Å²) < 4.78 is 41.5. The van der Waals surface area contributed by atoms with Gasteiger partial charge in [-0.15, -0.1) is 0 Å². The highest BCUT2D eigenvalue weighted by molar-refractivity contribution is 7.92. The number of nitrogen functional groups attached to an aromatic ring is 1. The fourth-order valence-corrected chi connectivity index (χ4v) is 3.11. The molecule has 1 heterocycles. The number of anilines is 2. The maximum absolute atomic E-state index is 13.9. The van der Waals surface area contributed by atoms with E-state index in [1.54, 1.807) is 0 Å². The second-order valence-electron chi connectivity index (χ2n) is 4.28. The lowest BCUT2D eigenvalue weighted by molar-refractivity contribution is 0.573. The summed E-state index contributed by atoms with van der Waals surface area (Å²) in [6, 6.07) is 4.52. The van der Waals surface area contributed by atoms with Crippen LogP contribution in [0, 0.1) is 5.82 Å². The van der Waals surface area contributed by atoms with Crippen molar-refractivity contribution in [1.29, 1.82) is 0 Å². The van der Waals surface area contributed by atoms with Crippen molar-refractivity contribution < 1.29 is 12.8 Å². The zero-order valence-electron chi connectivity index (χ0n) is 10.8. The van der Waals surface area contributed by atoms with Crippen molar-refractivity contribution in [2.24, 2.45) is 7.05 Å². The van der Waals surface area contributed by atoms with Crippen LogP contribution in [0.25, 0.3) is 0 Å². The normalized spacial score (nSPS) is 11.4. The van der Waals surface area contributed by atoms with E-state index >= 15 is 0 Å². The number of sulfonamides is 1. The van der Waals surface area contributed by atoms with Gasteiger partial charge in [0.15, 0.2) is 5.82 Å². The van der Waals surface area contributed by atoms with E-state index < -0.39 is 20.7 Å². The van der Waals surface area contributed by atoms with Crippen LogP contribution in [0.4, 0.5) is 15.8 Å². The summed E-state index contributed by atoms with van der Waals surface area (Å²) in [5.74, 6) is -1.09. The maximum Gasteiger partial charge on any atom is 0.264 e. The zero-order valence-corrected chi connectivity index (χ0v) is 12.4. The largest absolute Gasteiger partial charge is 0.396 e. The molecule has 6 nitrogen and oxygen atoms in total. The van der Waals surface area contributed by atoms with Gasteiger partial charge in [-0.2, -0.15) is 0 Å². The van der Waals surface area contributed by atoms with Gasteiger partial charge in [0.25, 0.3) is 10.0 Å². The van der Waals surface area contributed by atoms with Gasteiger partial charge in [-0.25, -0.2) is 12.8 Å². The second kappa shape index (κ2) is 5.38. The predicted molar refractivity (Wildman–Crippen MR) is 78.3 cm³/mol. The van der Waals surface area contributed by atoms with Crippen molar-refractivity contribution in [1.82, 2.24) is 4.57 Å². The molecule has 0 aliphatic rings. The number of halogens is 2. The first-order valence-electron chi connectivity index (χ1n) is 5.65. The summed E-state index contributed by atoms with van der Waals surface area (Å²) in [4.78, 5) is 10.6. The fraction of sp³-hybridized carbons (Fsp3) is 0.0833. The molecule has 0 unspecified atom stereocenters. The number of hydrogen-bond acceptors (Lipinski definition) is 4.